The number of para-hydroxylation sites is 1. The second-order valence-corrected chi connectivity index (χ2v) is 6.91. The number of hydrogen-bond acceptors (Lipinski definition) is 4. The van der Waals surface area contributed by atoms with Crippen LogP contribution in [0.2, 0.25) is 0 Å². The van der Waals surface area contributed by atoms with Crippen molar-refractivity contribution >= 4 is 16.6 Å². The van der Waals surface area contributed by atoms with E-state index in [2.05, 4.69) is 0 Å². The Hall–Kier alpha value is -3.94. The molecular weight excluding hydrogens is 372 g/mol. The lowest BCUT2D eigenvalue weighted by molar-refractivity contribution is -0.385. The fourth-order valence-corrected chi connectivity index (χ4v) is 3.57. The molecule has 0 spiro atoms. The van der Waals surface area contributed by atoms with E-state index >= 15 is 0 Å². The first-order valence-corrected chi connectivity index (χ1v) is 8.93. The highest BCUT2D eigenvalue weighted by atomic mass is 16.6. The molecule has 29 heavy (non-hydrogen) atoms. The van der Waals surface area contributed by atoms with E-state index in [1.165, 1.54) is 17.7 Å². The minimum atomic E-state index is -0.448. The molecule has 4 rings (SSSR count). The summed E-state index contributed by atoms with van der Waals surface area (Å²) in [4.78, 5) is 36.5. The van der Waals surface area contributed by atoms with Crippen molar-refractivity contribution in [1.82, 2.24) is 13.7 Å². The van der Waals surface area contributed by atoms with Crippen LogP contribution >= 0.6 is 0 Å². The molecule has 0 aliphatic rings. The molecule has 0 fully saturated rings. The predicted molar refractivity (Wildman–Crippen MR) is 111 cm³/mol. The number of aryl methyl sites for hydroxylation is 2. The van der Waals surface area contributed by atoms with E-state index in [-0.39, 0.29) is 5.69 Å². The van der Waals surface area contributed by atoms with Crippen LogP contribution in [0.25, 0.3) is 27.8 Å². The molecule has 0 bridgehead atoms. The number of nitro groups is 1. The summed E-state index contributed by atoms with van der Waals surface area (Å²) in [6.45, 7) is 1.67. The van der Waals surface area contributed by atoms with E-state index < -0.39 is 16.2 Å². The summed E-state index contributed by atoms with van der Waals surface area (Å²) in [7, 11) is 3.02. The summed E-state index contributed by atoms with van der Waals surface area (Å²) in [5, 5.41) is 11.8. The van der Waals surface area contributed by atoms with Crippen LogP contribution in [-0.2, 0) is 14.1 Å². The van der Waals surface area contributed by atoms with Gasteiger partial charge in [-0.2, -0.15) is 0 Å². The molecule has 2 aromatic carbocycles. The smallest absolute Gasteiger partial charge is 0.314 e. The van der Waals surface area contributed by atoms with Crippen molar-refractivity contribution in [3.05, 3.63) is 91.2 Å². The SMILES string of the molecule is Cc1ccc(-c2c3c(=O)n(C)c(=O)n(C)c3cn2-c2ccccc2)cc1[N+](=O)[O-]. The van der Waals surface area contributed by atoms with E-state index in [4.69, 9.17) is 0 Å². The van der Waals surface area contributed by atoms with Crippen LogP contribution in [0.4, 0.5) is 5.69 Å². The first-order chi connectivity index (χ1) is 13.8. The normalized spacial score (nSPS) is 11.1. The highest BCUT2D eigenvalue weighted by molar-refractivity contribution is 5.95. The van der Waals surface area contributed by atoms with E-state index in [1.807, 2.05) is 30.3 Å². The first-order valence-electron chi connectivity index (χ1n) is 8.93. The number of nitrogens with zero attached hydrogens (tertiary/aromatic N) is 4. The molecule has 146 valence electrons. The van der Waals surface area contributed by atoms with Gasteiger partial charge in [0.05, 0.1) is 21.5 Å². The molecule has 0 atom stereocenters. The van der Waals surface area contributed by atoms with Gasteiger partial charge in [-0.3, -0.25) is 24.0 Å². The number of fused-ring (bicyclic) bond motifs is 1. The van der Waals surface area contributed by atoms with Crippen LogP contribution in [-0.4, -0.2) is 18.6 Å². The van der Waals surface area contributed by atoms with Gasteiger partial charge in [0.1, 0.15) is 0 Å². The average molecular weight is 390 g/mol. The van der Waals surface area contributed by atoms with Gasteiger partial charge in [-0.25, -0.2) is 4.79 Å². The lowest BCUT2D eigenvalue weighted by Crippen LogP contribution is -2.36. The van der Waals surface area contributed by atoms with Gasteiger partial charge < -0.3 is 4.57 Å². The molecule has 0 N–H and O–H groups in total. The summed E-state index contributed by atoms with van der Waals surface area (Å²) < 4.78 is 4.24. The predicted octanol–water partition coefficient (Wildman–Crippen LogP) is 2.91. The van der Waals surface area contributed by atoms with Crippen LogP contribution in [0.15, 0.2) is 64.3 Å². The van der Waals surface area contributed by atoms with E-state index in [9.17, 15) is 19.7 Å². The zero-order valence-corrected chi connectivity index (χ0v) is 16.1. The molecule has 0 saturated carbocycles. The maximum atomic E-state index is 13.0. The van der Waals surface area contributed by atoms with Gasteiger partial charge in [0.25, 0.3) is 11.2 Å². The molecule has 0 unspecified atom stereocenters. The maximum absolute atomic E-state index is 13.0. The molecule has 0 aliphatic carbocycles. The molecule has 2 heterocycles. The number of rotatable bonds is 3. The Labute approximate surface area is 165 Å². The first kappa shape index (κ1) is 18.4. The molecule has 0 amide bonds. The van der Waals surface area contributed by atoms with E-state index in [0.29, 0.717) is 27.7 Å². The lowest BCUT2D eigenvalue weighted by Gasteiger charge is -2.10. The fourth-order valence-electron chi connectivity index (χ4n) is 3.57. The fraction of sp³-hybridized carbons (Fsp3) is 0.143. The van der Waals surface area contributed by atoms with Gasteiger partial charge in [-0.15, -0.1) is 0 Å². The summed E-state index contributed by atoms with van der Waals surface area (Å²) >= 11 is 0. The maximum Gasteiger partial charge on any atom is 0.330 e. The molecule has 8 heteroatoms. The Morgan fingerprint density at radius 1 is 0.966 bits per heavy atom. The van der Waals surface area contributed by atoms with Crippen LogP contribution in [0.5, 0.6) is 0 Å². The summed E-state index contributed by atoms with van der Waals surface area (Å²) in [6.07, 6.45) is 1.72. The van der Waals surface area contributed by atoms with Crippen LogP contribution in [0.3, 0.4) is 0 Å². The van der Waals surface area contributed by atoms with Crippen molar-refractivity contribution in [1.29, 1.82) is 0 Å². The number of hydrogen-bond donors (Lipinski definition) is 0. The van der Waals surface area contributed by atoms with Crippen molar-refractivity contribution in [3.63, 3.8) is 0 Å². The Morgan fingerprint density at radius 2 is 1.66 bits per heavy atom. The number of benzene rings is 2. The topological polar surface area (TPSA) is 92.1 Å². The van der Waals surface area contributed by atoms with Crippen molar-refractivity contribution < 1.29 is 4.92 Å². The van der Waals surface area contributed by atoms with E-state index in [1.54, 1.807) is 36.9 Å². The molecule has 2 aromatic heterocycles. The molecular formula is C21H18N4O4. The highest BCUT2D eigenvalue weighted by Crippen LogP contribution is 2.33. The third-order valence-corrected chi connectivity index (χ3v) is 5.15. The van der Waals surface area contributed by atoms with E-state index in [0.717, 1.165) is 10.3 Å². The minimum absolute atomic E-state index is 0.0295. The largest absolute Gasteiger partial charge is 0.330 e. The average Bonchev–Trinajstić information content (AvgIpc) is 3.12. The van der Waals surface area contributed by atoms with Crippen LogP contribution in [0.1, 0.15) is 5.56 Å². The summed E-state index contributed by atoms with van der Waals surface area (Å²) in [5.41, 5.74) is 1.88. The number of nitro benzene ring substituents is 1. The molecule has 8 nitrogen and oxygen atoms in total. The molecule has 0 radical (unpaired) electrons. The van der Waals surface area contributed by atoms with Crippen molar-refractivity contribution in [2.24, 2.45) is 14.1 Å². The van der Waals surface area contributed by atoms with Gasteiger partial charge in [-0.05, 0) is 19.1 Å². The highest BCUT2D eigenvalue weighted by Gasteiger charge is 2.22. The van der Waals surface area contributed by atoms with Crippen LogP contribution in [0, 0.1) is 17.0 Å². The second kappa shape index (κ2) is 6.59. The van der Waals surface area contributed by atoms with Gasteiger partial charge in [0.2, 0.25) is 0 Å². The number of aromatic nitrogens is 3. The summed E-state index contributed by atoms with van der Waals surface area (Å²) in [6, 6.07) is 14.2. The molecule has 0 saturated heterocycles. The standard InChI is InChI=1S/C21H18N4O4/c1-13-9-10-14(11-16(13)25(28)29)19-18-17(22(2)21(27)23(3)20(18)26)12-24(19)15-7-5-4-6-8-15/h4-12H,1-3H3. The van der Waals surface area contributed by atoms with Crippen LogP contribution < -0.4 is 11.2 Å². The van der Waals surface area contributed by atoms with Gasteiger partial charge in [-0.1, -0.05) is 30.3 Å². The Balaban J connectivity index is 2.20. The lowest BCUT2D eigenvalue weighted by atomic mass is 10.1. The Bertz CT molecular complexity index is 1390. The third kappa shape index (κ3) is 2.77. The monoisotopic (exact) mass is 390 g/mol. The van der Waals surface area contributed by atoms with Gasteiger partial charge in [0, 0.05) is 43.2 Å². The van der Waals surface area contributed by atoms with Crippen molar-refractivity contribution in [2.75, 3.05) is 0 Å². The third-order valence-electron chi connectivity index (χ3n) is 5.15. The quantitative estimate of drug-likeness (QED) is 0.397. The van der Waals surface area contributed by atoms with Crippen molar-refractivity contribution in [3.8, 4) is 16.9 Å². The Morgan fingerprint density at radius 3 is 2.31 bits per heavy atom. The van der Waals surface area contributed by atoms with Crippen molar-refractivity contribution in [2.45, 2.75) is 6.92 Å². The second-order valence-electron chi connectivity index (χ2n) is 6.91. The molecule has 0 aliphatic heterocycles. The summed E-state index contributed by atoms with van der Waals surface area (Å²) in [5.74, 6) is 0. The van der Waals surface area contributed by atoms with Gasteiger partial charge in [0.15, 0.2) is 0 Å². The minimum Gasteiger partial charge on any atom is -0.314 e. The zero-order chi connectivity index (χ0) is 20.9. The Kier molecular flexibility index (Phi) is 4.19. The van der Waals surface area contributed by atoms with Gasteiger partial charge >= 0.3 is 5.69 Å². The zero-order valence-electron chi connectivity index (χ0n) is 16.1. The molecule has 4 aromatic rings.